The summed E-state index contributed by atoms with van der Waals surface area (Å²) < 4.78 is 5.68. The summed E-state index contributed by atoms with van der Waals surface area (Å²) in [6.45, 7) is 3.73. The summed E-state index contributed by atoms with van der Waals surface area (Å²) in [4.78, 5) is 27.5. The van der Waals surface area contributed by atoms with E-state index in [1.54, 1.807) is 25.1 Å². The third-order valence-corrected chi connectivity index (χ3v) is 6.19. The largest absolute Gasteiger partial charge is 0.484 e. The number of amides is 2. The van der Waals surface area contributed by atoms with Crippen LogP contribution >= 0.6 is 23.2 Å². The first-order valence-corrected chi connectivity index (χ1v) is 11.3. The lowest BCUT2D eigenvalue weighted by Gasteiger charge is -2.30. The Morgan fingerprint density at radius 2 is 1.81 bits per heavy atom. The monoisotopic (exact) mass is 462 g/mol. The van der Waals surface area contributed by atoms with E-state index in [2.05, 4.69) is 5.32 Å². The molecule has 0 bridgehead atoms. The van der Waals surface area contributed by atoms with Crippen LogP contribution in [0.5, 0.6) is 5.75 Å². The summed E-state index contributed by atoms with van der Waals surface area (Å²) in [5, 5.41) is 4.04. The van der Waals surface area contributed by atoms with Gasteiger partial charge in [-0.25, -0.2) is 0 Å². The summed E-state index contributed by atoms with van der Waals surface area (Å²) >= 11 is 12.3. The van der Waals surface area contributed by atoms with E-state index in [0.29, 0.717) is 15.8 Å². The van der Waals surface area contributed by atoms with Gasteiger partial charge >= 0.3 is 0 Å². The fourth-order valence-electron chi connectivity index (χ4n) is 3.67. The molecule has 7 heteroatoms. The number of carbonyl (C=O) groups excluding carboxylic acids is 2. The van der Waals surface area contributed by atoms with Crippen LogP contribution in [0.2, 0.25) is 10.0 Å². The zero-order chi connectivity index (χ0) is 22.4. The van der Waals surface area contributed by atoms with Crippen molar-refractivity contribution in [1.29, 1.82) is 0 Å². The molecule has 1 unspecified atom stereocenters. The second-order valence-corrected chi connectivity index (χ2v) is 8.87. The summed E-state index contributed by atoms with van der Waals surface area (Å²) in [6.07, 6.45) is 4.19. The van der Waals surface area contributed by atoms with Crippen molar-refractivity contribution in [1.82, 2.24) is 10.2 Å². The number of halogens is 2. The minimum atomic E-state index is -0.665. The molecule has 166 valence electrons. The maximum Gasteiger partial charge on any atom is 0.261 e. The molecule has 1 saturated carbocycles. The van der Waals surface area contributed by atoms with E-state index in [0.717, 1.165) is 36.8 Å². The summed E-state index contributed by atoms with van der Waals surface area (Å²) in [5.74, 6) is 0.146. The van der Waals surface area contributed by atoms with E-state index in [4.69, 9.17) is 27.9 Å². The highest BCUT2D eigenvalue weighted by Gasteiger charge is 2.29. The zero-order valence-electron chi connectivity index (χ0n) is 17.9. The van der Waals surface area contributed by atoms with Gasteiger partial charge in [0.05, 0.1) is 0 Å². The quantitative estimate of drug-likeness (QED) is 0.589. The molecule has 1 atom stereocenters. The molecule has 3 rings (SSSR count). The highest BCUT2D eigenvalue weighted by Crippen LogP contribution is 2.24. The average Bonchev–Trinajstić information content (AvgIpc) is 3.25. The van der Waals surface area contributed by atoms with E-state index in [1.807, 2.05) is 31.2 Å². The van der Waals surface area contributed by atoms with Gasteiger partial charge in [-0.3, -0.25) is 9.59 Å². The first-order chi connectivity index (χ1) is 14.8. The number of hydrogen-bond acceptors (Lipinski definition) is 3. The minimum absolute atomic E-state index is 0.166. The lowest BCUT2D eigenvalue weighted by molar-refractivity contribution is -0.142. The van der Waals surface area contributed by atoms with Crippen LogP contribution in [0.3, 0.4) is 0 Å². The molecule has 0 radical (unpaired) electrons. The van der Waals surface area contributed by atoms with Crippen molar-refractivity contribution in [2.24, 2.45) is 0 Å². The molecule has 0 heterocycles. The number of aryl methyl sites for hydroxylation is 1. The smallest absolute Gasteiger partial charge is 0.261 e. The molecule has 31 heavy (non-hydrogen) atoms. The third kappa shape index (κ3) is 6.62. The maximum atomic E-state index is 13.1. The second-order valence-electron chi connectivity index (χ2n) is 8.03. The van der Waals surface area contributed by atoms with Gasteiger partial charge in [0.1, 0.15) is 11.8 Å². The number of benzene rings is 2. The topological polar surface area (TPSA) is 58.6 Å². The molecule has 2 aromatic carbocycles. The highest BCUT2D eigenvalue weighted by atomic mass is 35.5. The van der Waals surface area contributed by atoms with Gasteiger partial charge < -0.3 is 15.0 Å². The summed E-state index contributed by atoms with van der Waals surface area (Å²) in [5.41, 5.74) is 1.82. The zero-order valence-corrected chi connectivity index (χ0v) is 19.4. The predicted molar refractivity (Wildman–Crippen MR) is 124 cm³/mol. The third-order valence-electron chi connectivity index (χ3n) is 5.61. The molecule has 0 aromatic heterocycles. The number of nitrogens with one attached hydrogen (secondary N) is 1. The van der Waals surface area contributed by atoms with Crippen molar-refractivity contribution in [2.75, 3.05) is 6.61 Å². The lowest BCUT2D eigenvalue weighted by atomic mass is 10.1. The summed E-state index contributed by atoms with van der Waals surface area (Å²) in [6, 6.07) is 12.1. The number of ether oxygens (including phenoxy) is 1. The molecular weight excluding hydrogens is 435 g/mol. The van der Waals surface area contributed by atoms with Gasteiger partial charge in [-0.2, -0.15) is 0 Å². The molecular formula is C24H28Cl2N2O3. The van der Waals surface area contributed by atoms with Crippen molar-refractivity contribution in [3.63, 3.8) is 0 Å². The van der Waals surface area contributed by atoms with Gasteiger partial charge in [0.25, 0.3) is 5.91 Å². The number of hydrogen-bond donors (Lipinski definition) is 1. The van der Waals surface area contributed by atoms with Gasteiger partial charge in [0.15, 0.2) is 6.61 Å². The Hall–Kier alpha value is -2.24. The van der Waals surface area contributed by atoms with Crippen LogP contribution in [-0.4, -0.2) is 35.4 Å². The van der Waals surface area contributed by atoms with Gasteiger partial charge in [-0.1, -0.05) is 59.8 Å². The minimum Gasteiger partial charge on any atom is -0.484 e. The molecule has 2 amide bonds. The Morgan fingerprint density at radius 3 is 2.45 bits per heavy atom. The normalized spacial score (nSPS) is 14.8. The lowest BCUT2D eigenvalue weighted by Crippen LogP contribution is -2.50. The average molecular weight is 463 g/mol. The van der Waals surface area contributed by atoms with Crippen molar-refractivity contribution < 1.29 is 14.3 Å². The van der Waals surface area contributed by atoms with Crippen molar-refractivity contribution in [3.8, 4) is 5.75 Å². The number of nitrogens with zero attached hydrogens (tertiary/aromatic N) is 1. The molecule has 0 spiro atoms. The number of carbonyl (C=O) groups is 2. The molecule has 0 saturated heterocycles. The second kappa shape index (κ2) is 10.9. The molecule has 2 aromatic rings. The van der Waals surface area contributed by atoms with E-state index < -0.39 is 6.04 Å². The molecule has 0 aliphatic heterocycles. The standard InChI is InChI=1S/C24H28Cl2N2O3/c1-16-7-11-21(12-8-16)31-15-23(29)28(14-18-9-10-19(25)13-22(18)26)17(2)24(30)27-20-5-3-4-6-20/h7-13,17,20H,3-6,14-15H2,1-2H3,(H,27,30). The first kappa shape index (κ1) is 23.4. The van der Waals surface area contributed by atoms with Crippen LogP contribution in [0.4, 0.5) is 0 Å². The summed E-state index contributed by atoms with van der Waals surface area (Å²) in [7, 11) is 0. The van der Waals surface area contributed by atoms with Crippen LogP contribution in [0, 0.1) is 6.92 Å². The van der Waals surface area contributed by atoms with Gasteiger partial charge in [0, 0.05) is 22.6 Å². The van der Waals surface area contributed by atoms with E-state index in [9.17, 15) is 9.59 Å². The fourth-order valence-corrected chi connectivity index (χ4v) is 4.14. The Balaban J connectivity index is 1.73. The Kier molecular flexibility index (Phi) is 8.22. The van der Waals surface area contributed by atoms with E-state index in [1.165, 1.54) is 4.90 Å². The van der Waals surface area contributed by atoms with Crippen molar-refractivity contribution in [3.05, 3.63) is 63.6 Å². The van der Waals surface area contributed by atoms with Gasteiger partial charge in [0.2, 0.25) is 5.91 Å². The molecule has 1 N–H and O–H groups in total. The van der Waals surface area contributed by atoms with Crippen molar-refractivity contribution in [2.45, 2.75) is 58.2 Å². The highest BCUT2D eigenvalue weighted by molar-refractivity contribution is 6.35. The van der Waals surface area contributed by atoms with Gasteiger partial charge in [-0.05, 0) is 56.5 Å². The molecule has 1 aliphatic rings. The first-order valence-electron chi connectivity index (χ1n) is 10.6. The Morgan fingerprint density at radius 1 is 1.13 bits per heavy atom. The van der Waals surface area contributed by atoms with Crippen LogP contribution in [0.15, 0.2) is 42.5 Å². The van der Waals surface area contributed by atoms with Crippen LogP contribution < -0.4 is 10.1 Å². The predicted octanol–water partition coefficient (Wildman–Crippen LogP) is 5.16. The van der Waals surface area contributed by atoms with Crippen LogP contribution in [-0.2, 0) is 16.1 Å². The molecule has 1 fully saturated rings. The van der Waals surface area contributed by atoms with E-state index >= 15 is 0 Å². The maximum absolute atomic E-state index is 13.1. The van der Waals surface area contributed by atoms with Crippen molar-refractivity contribution >= 4 is 35.0 Å². The van der Waals surface area contributed by atoms with Gasteiger partial charge in [-0.15, -0.1) is 0 Å². The molecule has 5 nitrogen and oxygen atoms in total. The molecule has 1 aliphatic carbocycles. The van der Waals surface area contributed by atoms with Crippen LogP contribution in [0.25, 0.3) is 0 Å². The number of rotatable bonds is 8. The van der Waals surface area contributed by atoms with E-state index in [-0.39, 0.29) is 31.0 Å². The fraction of sp³-hybridized carbons (Fsp3) is 0.417. The Bertz CT molecular complexity index is 912. The Labute approximate surface area is 193 Å². The van der Waals surface area contributed by atoms with Crippen LogP contribution in [0.1, 0.15) is 43.7 Å². The SMILES string of the molecule is Cc1ccc(OCC(=O)N(Cc2ccc(Cl)cc2Cl)C(C)C(=O)NC2CCCC2)cc1.